The summed E-state index contributed by atoms with van der Waals surface area (Å²) >= 11 is 0. The van der Waals surface area contributed by atoms with E-state index in [1.54, 1.807) is 11.0 Å². The predicted octanol–water partition coefficient (Wildman–Crippen LogP) is 0.942. The summed E-state index contributed by atoms with van der Waals surface area (Å²) in [6.45, 7) is 2.05. The summed E-state index contributed by atoms with van der Waals surface area (Å²) in [7, 11) is 3.92. The molecule has 1 aliphatic rings. The van der Waals surface area contributed by atoms with Gasteiger partial charge in [-0.2, -0.15) is 5.10 Å². The van der Waals surface area contributed by atoms with E-state index >= 15 is 0 Å². The maximum Gasteiger partial charge on any atom is 0.163 e. The highest BCUT2D eigenvalue weighted by Crippen LogP contribution is 2.28. The van der Waals surface area contributed by atoms with Crippen LogP contribution in [0.3, 0.4) is 0 Å². The molecule has 1 atom stereocenters. The lowest BCUT2D eigenvalue weighted by Gasteiger charge is -2.36. The smallest absolute Gasteiger partial charge is 0.163 e. The highest BCUT2D eigenvalue weighted by Gasteiger charge is 2.25. The number of piperidine rings is 1. The second kappa shape index (κ2) is 5.13. The van der Waals surface area contributed by atoms with Crippen LogP contribution in [0.25, 0.3) is 11.0 Å². The van der Waals surface area contributed by atoms with E-state index in [-0.39, 0.29) is 0 Å². The minimum absolute atomic E-state index is 0.511. The van der Waals surface area contributed by atoms with E-state index in [1.807, 2.05) is 20.3 Å². The first-order chi connectivity index (χ1) is 9.31. The SMILES string of the molecule is CNCC1CCCCN1c1ncnc2c1cnn2C. The number of anilines is 1. The monoisotopic (exact) mass is 260 g/mol. The van der Waals surface area contributed by atoms with Gasteiger partial charge in [0.05, 0.1) is 11.6 Å². The molecule has 2 aromatic heterocycles. The number of fused-ring (bicyclic) bond motifs is 1. The molecule has 1 saturated heterocycles. The van der Waals surface area contributed by atoms with Gasteiger partial charge in [0.1, 0.15) is 12.1 Å². The van der Waals surface area contributed by atoms with Crippen molar-refractivity contribution in [3.05, 3.63) is 12.5 Å². The van der Waals surface area contributed by atoms with E-state index in [0.717, 1.165) is 29.9 Å². The Hall–Kier alpha value is -1.69. The largest absolute Gasteiger partial charge is 0.352 e. The standard InChI is InChI=1S/C13H20N6/c1-14-7-10-5-3-4-6-19(10)13-11-8-17-18(2)12(11)15-9-16-13/h8-10,14H,3-7H2,1-2H3. The fourth-order valence-electron chi connectivity index (χ4n) is 2.91. The number of aryl methyl sites for hydroxylation is 1. The van der Waals surface area contributed by atoms with Gasteiger partial charge in [-0.05, 0) is 26.3 Å². The topological polar surface area (TPSA) is 58.9 Å². The van der Waals surface area contributed by atoms with Crippen LogP contribution in [0.4, 0.5) is 5.82 Å². The van der Waals surface area contributed by atoms with Gasteiger partial charge in [-0.1, -0.05) is 0 Å². The summed E-state index contributed by atoms with van der Waals surface area (Å²) in [5.74, 6) is 1.03. The van der Waals surface area contributed by atoms with Crippen molar-refractivity contribution < 1.29 is 0 Å². The van der Waals surface area contributed by atoms with Crippen LogP contribution in [-0.2, 0) is 7.05 Å². The van der Waals surface area contributed by atoms with Gasteiger partial charge in [0.25, 0.3) is 0 Å². The van der Waals surface area contributed by atoms with Crippen molar-refractivity contribution in [3.8, 4) is 0 Å². The van der Waals surface area contributed by atoms with Crippen molar-refractivity contribution in [1.29, 1.82) is 0 Å². The van der Waals surface area contributed by atoms with Gasteiger partial charge in [-0.3, -0.25) is 4.68 Å². The number of aromatic nitrogens is 4. The normalized spacial score (nSPS) is 20.1. The molecule has 6 nitrogen and oxygen atoms in total. The maximum absolute atomic E-state index is 4.51. The van der Waals surface area contributed by atoms with Crippen LogP contribution in [0.1, 0.15) is 19.3 Å². The van der Waals surface area contributed by atoms with Crippen molar-refractivity contribution in [2.45, 2.75) is 25.3 Å². The first-order valence-corrected chi connectivity index (χ1v) is 6.85. The molecular weight excluding hydrogens is 240 g/mol. The fourth-order valence-corrected chi connectivity index (χ4v) is 2.91. The molecule has 2 aromatic rings. The van der Waals surface area contributed by atoms with Crippen LogP contribution in [-0.4, -0.2) is 45.9 Å². The Morgan fingerprint density at radius 1 is 1.37 bits per heavy atom. The van der Waals surface area contributed by atoms with Gasteiger partial charge in [0, 0.05) is 26.2 Å². The summed E-state index contributed by atoms with van der Waals surface area (Å²) < 4.78 is 1.80. The minimum Gasteiger partial charge on any atom is -0.352 e. The molecule has 1 fully saturated rings. The Bertz CT molecular complexity index is 561. The molecule has 0 saturated carbocycles. The lowest BCUT2D eigenvalue weighted by Crippen LogP contribution is -2.45. The Balaban J connectivity index is 2.01. The third kappa shape index (κ3) is 2.16. The minimum atomic E-state index is 0.511. The molecule has 1 N–H and O–H groups in total. The highest BCUT2D eigenvalue weighted by molar-refractivity contribution is 5.86. The van der Waals surface area contributed by atoms with Gasteiger partial charge < -0.3 is 10.2 Å². The molecule has 3 heterocycles. The Labute approximate surface area is 112 Å². The number of likely N-dealkylation sites (N-methyl/N-ethyl adjacent to an activating group) is 1. The van der Waals surface area contributed by atoms with E-state index in [1.165, 1.54) is 19.3 Å². The van der Waals surface area contributed by atoms with Crippen molar-refractivity contribution >= 4 is 16.9 Å². The van der Waals surface area contributed by atoms with Crippen molar-refractivity contribution in [3.63, 3.8) is 0 Å². The zero-order valence-corrected chi connectivity index (χ0v) is 11.5. The van der Waals surface area contributed by atoms with E-state index in [2.05, 4.69) is 25.3 Å². The molecule has 0 aliphatic carbocycles. The van der Waals surface area contributed by atoms with E-state index < -0.39 is 0 Å². The summed E-state index contributed by atoms with van der Waals surface area (Å²) in [5.41, 5.74) is 0.902. The Kier molecular flexibility index (Phi) is 3.33. The number of hydrogen-bond acceptors (Lipinski definition) is 5. The average molecular weight is 260 g/mol. The van der Waals surface area contributed by atoms with Crippen LogP contribution >= 0.6 is 0 Å². The molecule has 6 heteroatoms. The fraction of sp³-hybridized carbons (Fsp3) is 0.615. The molecule has 1 aliphatic heterocycles. The summed E-state index contributed by atoms with van der Waals surface area (Å²) in [5, 5.41) is 8.63. The van der Waals surface area contributed by atoms with E-state index in [4.69, 9.17) is 0 Å². The van der Waals surface area contributed by atoms with Gasteiger partial charge in [0.2, 0.25) is 0 Å². The molecular formula is C13H20N6. The predicted molar refractivity (Wildman–Crippen MR) is 75.2 cm³/mol. The molecule has 0 amide bonds. The molecule has 0 bridgehead atoms. The van der Waals surface area contributed by atoms with Crippen LogP contribution in [0.5, 0.6) is 0 Å². The molecule has 0 aromatic carbocycles. The third-order valence-electron chi connectivity index (χ3n) is 3.85. The van der Waals surface area contributed by atoms with E-state index in [0.29, 0.717) is 6.04 Å². The Morgan fingerprint density at radius 2 is 2.26 bits per heavy atom. The zero-order chi connectivity index (χ0) is 13.2. The zero-order valence-electron chi connectivity index (χ0n) is 11.5. The summed E-state index contributed by atoms with van der Waals surface area (Å²) in [4.78, 5) is 11.2. The number of hydrogen-bond donors (Lipinski definition) is 1. The number of nitrogens with one attached hydrogen (secondary N) is 1. The van der Waals surface area contributed by atoms with Crippen LogP contribution in [0, 0.1) is 0 Å². The quantitative estimate of drug-likeness (QED) is 0.890. The van der Waals surface area contributed by atoms with Crippen LogP contribution < -0.4 is 10.2 Å². The molecule has 1 unspecified atom stereocenters. The molecule has 3 rings (SSSR count). The number of nitrogens with zero attached hydrogens (tertiary/aromatic N) is 5. The third-order valence-corrected chi connectivity index (χ3v) is 3.85. The van der Waals surface area contributed by atoms with Crippen molar-refractivity contribution in [2.75, 3.05) is 25.0 Å². The summed E-state index contributed by atoms with van der Waals surface area (Å²) in [6, 6.07) is 0.511. The van der Waals surface area contributed by atoms with E-state index in [9.17, 15) is 0 Å². The van der Waals surface area contributed by atoms with Crippen LogP contribution in [0.2, 0.25) is 0 Å². The molecule has 102 valence electrons. The second-order valence-electron chi connectivity index (χ2n) is 5.10. The lowest BCUT2D eigenvalue weighted by atomic mass is 10.0. The Morgan fingerprint density at radius 3 is 3.11 bits per heavy atom. The van der Waals surface area contributed by atoms with Crippen molar-refractivity contribution in [2.24, 2.45) is 7.05 Å². The maximum atomic E-state index is 4.51. The first kappa shape index (κ1) is 12.3. The second-order valence-corrected chi connectivity index (χ2v) is 5.10. The molecule has 0 spiro atoms. The lowest BCUT2D eigenvalue weighted by molar-refractivity contribution is 0.444. The van der Waals surface area contributed by atoms with Gasteiger partial charge >= 0.3 is 0 Å². The van der Waals surface area contributed by atoms with Crippen LogP contribution in [0.15, 0.2) is 12.5 Å². The van der Waals surface area contributed by atoms with Gasteiger partial charge in [-0.15, -0.1) is 0 Å². The number of rotatable bonds is 3. The van der Waals surface area contributed by atoms with Gasteiger partial charge in [-0.25, -0.2) is 9.97 Å². The average Bonchev–Trinajstić information content (AvgIpc) is 2.82. The first-order valence-electron chi connectivity index (χ1n) is 6.85. The van der Waals surface area contributed by atoms with Crippen molar-refractivity contribution in [1.82, 2.24) is 25.1 Å². The van der Waals surface area contributed by atoms with Gasteiger partial charge in [0.15, 0.2) is 5.65 Å². The molecule has 19 heavy (non-hydrogen) atoms. The summed E-state index contributed by atoms with van der Waals surface area (Å²) in [6.07, 6.45) is 7.25. The highest BCUT2D eigenvalue weighted by atomic mass is 15.3. The molecule has 0 radical (unpaired) electrons.